The average molecular weight is 404 g/mol. The van der Waals surface area contributed by atoms with Gasteiger partial charge >= 0.3 is 5.97 Å². The van der Waals surface area contributed by atoms with Crippen molar-refractivity contribution in [3.05, 3.63) is 86.5 Å². The standard InChI is InChI=1S/C18H14ClN3O4S/c19-15-4-2-1-3-14(15)11-21-9-10-27-18(21)20-16(23)12-26-17(24)13-5-7-22(25)8-6-13/h1-10H,11-12H2. The molecule has 27 heavy (non-hydrogen) atoms. The van der Waals surface area contributed by atoms with Gasteiger partial charge in [0.05, 0.1) is 12.1 Å². The van der Waals surface area contributed by atoms with E-state index in [4.69, 9.17) is 16.3 Å². The molecule has 3 aromatic rings. The van der Waals surface area contributed by atoms with E-state index in [1.807, 2.05) is 18.2 Å². The Morgan fingerprint density at radius 2 is 1.96 bits per heavy atom. The molecule has 3 rings (SSSR count). The Morgan fingerprint density at radius 1 is 1.22 bits per heavy atom. The third-order valence-electron chi connectivity index (χ3n) is 3.54. The van der Waals surface area contributed by atoms with E-state index in [1.165, 1.54) is 35.9 Å². The molecule has 0 spiro atoms. The molecule has 7 nitrogen and oxygen atoms in total. The number of pyridine rings is 1. The summed E-state index contributed by atoms with van der Waals surface area (Å²) in [6, 6.07) is 10.0. The summed E-state index contributed by atoms with van der Waals surface area (Å²) in [5.41, 5.74) is 1.08. The van der Waals surface area contributed by atoms with Gasteiger partial charge in [-0.05, 0) is 11.6 Å². The molecule has 2 heterocycles. The predicted octanol–water partition coefficient (Wildman–Crippen LogP) is 2.17. The van der Waals surface area contributed by atoms with Crippen molar-refractivity contribution in [1.29, 1.82) is 0 Å². The zero-order chi connectivity index (χ0) is 19.2. The van der Waals surface area contributed by atoms with Gasteiger partial charge in [0, 0.05) is 28.7 Å². The molecule has 0 N–H and O–H groups in total. The largest absolute Gasteiger partial charge is 0.619 e. The number of ether oxygens (including phenoxy) is 1. The van der Waals surface area contributed by atoms with Crippen LogP contribution in [0.2, 0.25) is 5.02 Å². The van der Waals surface area contributed by atoms with Gasteiger partial charge in [0.1, 0.15) is 0 Å². The van der Waals surface area contributed by atoms with Crippen LogP contribution in [-0.2, 0) is 16.1 Å². The van der Waals surface area contributed by atoms with Crippen molar-refractivity contribution >= 4 is 34.8 Å². The van der Waals surface area contributed by atoms with Crippen LogP contribution in [0.1, 0.15) is 15.9 Å². The van der Waals surface area contributed by atoms with E-state index >= 15 is 0 Å². The molecule has 0 unspecified atom stereocenters. The highest BCUT2D eigenvalue weighted by Crippen LogP contribution is 2.15. The first-order chi connectivity index (χ1) is 13.0. The molecule has 0 atom stereocenters. The Hall–Kier alpha value is -2.97. The number of benzene rings is 1. The number of carbonyl (C=O) groups excluding carboxylic acids is 2. The van der Waals surface area contributed by atoms with Crippen LogP contribution in [0.5, 0.6) is 0 Å². The number of hydrogen-bond donors (Lipinski definition) is 0. The van der Waals surface area contributed by atoms with Crippen molar-refractivity contribution in [2.75, 3.05) is 6.61 Å². The van der Waals surface area contributed by atoms with Crippen molar-refractivity contribution < 1.29 is 19.1 Å². The number of hydrogen-bond acceptors (Lipinski definition) is 5. The van der Waals surface area contributed by atoms with E-state index < -0.39 is 18.5 Å². The first-order valence-corrected chi connectivity index (χ1v) is 9.09. The lowest BCUT2D eigenvalue weighted by molar-refractivity contribution is -0.605. The van der Waals surface area contributed by atoms with Gasteiger partial charge in [0.15, 0.2) is 23.8 Å². The molecule has 0 saturated heterocycles. The van der Waals surface area contributed by atoms with Crippen LogP contribution in [0.25, 0.3) is 0 Å². The molecule has 2 aromatic heterocycles. The van der Waals surface area contributed by atoms with Crippen LogP contribution in [0.15, 0.2) is 65.4 Å². The van der Waals surface area contributed by atoms with E-state index in [0.29, 0.717) is 21.1 Å². The minimum absolute atomic E-state index is 0.180. The van der Waals surface area contributed by atoms with E-state index in [0.717, 1.165) is 5.56 Å². The number of amides is 1. The minimum Gasteiger partial charge on any atom is -0.619 e. The average Bonchev–Trinajstić information content (AvgIpc) is 3.09. The molecular formula is C18H14ClN3O4S. The normalized spacial score (nSPS) is 11.4. The number of aromatic nitrogens is 2. The summed E-state index contributed by atoms with van der Waals surface area (Å²) in [4.78, 5) is 28.4. The summed E-state index contributed by atoms with van der Waals surface area (Å²) in [6.07, 6.45) is 4.15. The Kier molecular flexibility index (Phi) is 6.00. The van der Waals surface area contributed by atoms with Crippen LogP contribution in [-0.4, -0.2) is 23.1 Å². The van der Waals surface area contributed by atoms with E-state index in [2.05, 4.69) is 4.99 Å². The van der Waals surface area contributed by atoms with Crippen molar-refractivity contribution in [3.63, 3.8) is 0 Å². The fourth-order valence-corrected chi connectivity index (χ4v) is 3.16. The van der Waals surface area contributed by atoms with Crippen molar-refractivity contribution in [2.24, 2.45) is 4.99 Å². The van der Waals surface area contributed by atoms with Crippen molar-refractivity contribution in [2.45, 2.75) is 6.54 Å². The monoisotopic (exact) mass is 403 g/mol. The molecular weight excluding hydrogens is 390 g/mol. The van der Waals surface area contributed by atoms with Crippen LogP contribution < -0.4 is 9.53 Å². The summed E-state index contributed by atoms with van der Waals surface area (Å²) in [5.74, 6) is -1.29. The summed E-state index contributed by atoms with van der Waals surface area (Å²) in [5, 5.41) is 13.4. The molecule has 0 radical (unpaired) electrons. The van der Waals surface area contributed by atoms with Gasteiger partial charge in [-0.15, -0.1) is 11.3 Å². The van der Waals surface area contributed by atoms with Gasteiger partial charge in [-0.3, -0.25) is 4.79 Å². The summed E-state index contributed by atoms with van der Waals surface area (Å²) in [7, 11) is 0. The topological polar surface area (TPSA) is 87.6 Å². The second-order valence-electron chi connectivity index (χ2n) is 5.43. The van der Waals surface area contributed by atoms with E-state index in [1.54, 1.807) is 22.2 Å². The first-order valence-electron chi connectivity index (χ1n) is 7.84. The lowest BCUT2D eigenvalue weighted by atomic mass is 10.2. The fourth-order valence-electron chi connectivity index (χ4n) is 2.22. The van der Waals surface area contributed by atoms with Gasteiger partial charge in [-0.1, -0.05) is 29.8 Å². The quantitative estimate of drug-likeness (QED) is 0.371. The Bertz CT molecular complexity index is 1030. The smallest absolute Gasteiger partial charge is 0.339 e. The van der Waals surface area contributed by atoms with E-state index in [-0.39, 0.29) is 5.56 Å². The number of esters is 1. The summed E-state index contributed by atoms with van der Waals surface area (Å²) < 4.78 is 7.27. The molecule has 0 aliphatic rings. The molecule has 0 saturated carbocycles. The first kappa shape index (κ1) is 18.8. The number of nitrogens with zero attached hydrogens (tertiary/aromatic N) is 3. The molecule has 1 amide bonds. The number of thiazole rings is 1. The highest BCUT2D eigenvalue weighted by molar-refractivity contribution is 7.07. The fraction of sp³-hybridized carbons (Fsp3) is 0.111. The maximum Gasteiger partial charge on any atom is 0.339 e. The third-order valence-corrected chi connectivity index (χ3v) is 4.71. The molecule has 0 aliphatic carbocycles. The van der Waals surface area contributed by atoms with Gasteiger partial charge in [0.2, 0.25) is 0 Å². The molecule has 0 fully saturated rings. The van der Waals surface area contributed by atoms with Crippen LogP contribution in [0.4, 0.5) is 0 Å². The third kappa shape index (κ3) is 5.02. The Labute approximate surface area is 163 Å². The number of halogens is 1. The van der Waals surface area contributed by atoms with Gasteiger partial charge < -0.3 is 14.5 Å². The second-order valence-corrected chi connectivity index (χ2v) is 6.71. The van der Waals surface area contributed by atoms with Crippen LogP contribution in [0, 0.1) is 5.21 Å². The van der Waals surface area contributed by atoms with E-state index in [9.17, 15) is 14.8 Å². The highest BCUT2D eigenvalue weighted by Gasteiger charge is 2.11. The van der Waals surface area contributed by atoms with Crippen molar-refractivity contribution in [3.8, 4) is 0 Å². The number of rotatable bonds is 5. The Balaban J connectivity index is 1.66. The zero-order valence-corrected chi connectivity index (χ0v) is 15.5. The van der Waals surface area contributed by atoms with Gasteiger partial charge in [0.25, 0.3) is 5.91 Å². The molecule has 1 aromatic carbocycles. The van der Waals surface area contributed by atoms with Crippen molar-refractivity contribution in [1.82, 2.24) is 4.57 Å². The maximum atomic E-state index is 12.0. The van der Waals surface area contributed by atoms with Gasteiger partial charge in [-0.2, -0.15) is 9.72 Å². The molecule has 9 heteroatoms. The zero-order valence-electron chi connectivity index (χ0n) is 13.9. The summed E-state index contributed by atoms with van der Waals surface area (Å²) >= 11 is 7.46. The van der Waals surface area contributed by atoms with Crippen LogP contribution in [0.3, 0.4) is 0 Å². The second kappa shape index (κ2) is 8.61. The predicted molar refractivity (Wildman–Crippen MR) is 99.1 cm³/mol. The molecule has 0 aliphatic heterocycles. The summed E-state index contributed by atoms with van der Waals surface area (Å²) in [6.45, 7) is -0.0244. The lowest BCUT2D eigenvalue weighted by Gasteiger charge is -2.05. The maximum absolute atomic E-state index is 12.0. The minimum atomic E-state index is -0.700. The van der Waals surface area contributed by atoms with Crippen LogP contribution >= 0.6 is 22.9 Å². The van der Waals surface area contributed by atoms with Gasteiger partial charge in [-0.25, -0.2) is 4.79 Å². The lowest BCUT2D eigenvalue weighted by Crippen LogP contribution is -2.25. The highest BCUT2D eigenvalue weighted by atomic mass is 35.5. The molecule has 138 valence electrons. The molecule has 0 bridgehead atoms. The number of carbonyl (C=O) groups is 2. The Morgan fingerprint density at radius 3 is 2.70 bits per heavy atom. The SMILES string of the molecule is O=C(COC(=O)c1cc[n+]([O-])cc1)N=c1sccn1Cc1ccccc1Cl.